The summed E-state index contributed by atoms with van der Waals surface area (Å²) in [5, 5.41) is 0. The first kappa shape index (κ1) is 17.9. The van der Waals surface area contributed by atoms with Crippen LogP contribution < -0.4 is 0 Å². The van der Waals surface area contributed by atoms with Gasteiger partial charge in [-0.2, -0.15) is 17.0 Å². The number of hydrogen-bond acceptors (Lipinski definition) is 4. The molecule has 0 unspecified atom stereocenters. The zero-order valence-corrected chi connectivity index (χ0v) is 14.7. The molecule has 1 heterocycles. The molecule has 1 saturated heterocycles. The molecule has 0 aliphatic carbocycles. The summed E-state index contributed by atoms with van der Waals surface area (Å²) in [5.74, 6) is -0.466. The molecule has 0 amide bonds. The van der Waals surface area contributed by atoms with E-state index in [4.69, 9.17) is 4.74 Å². The summed E-state index contributed by atoms with van der Waals surface area (Å²) in [6.07, 6.45) is 1.42. The van der Waals surface area contributed by atoms with Crippen LogP contribution in [0.25, 0.3) is 0 Å². The number of benzene rings is 1. The average Bonchev–Trinajstić information content (AvgIpc) is 2.94. The predicted octanol–water partition coefficient (Wildman–Crippen LogP) is 1.43. The Morgan fingerprint density at radius 2 is 1.96 bits per heavy atom. The van der Waals surface area contributed by atoms with Gasteiger partial charge in [0.1, 0.15) is 5.54 Å². The van der Waals surface area contributed by atoms with Crippen LogP contribution in [0, 0.1) is 0 Å². The smallest absolute Gasteiger partial charge is 0.327 e. The van der Waals surface area contributed by atoms with Gasteiger partial charge in [-0.1, -0.05) is 30.3 Å². The molecule has 23 heavy (non-hydrogen) atoms. The highest BCUT2D eigenvalue weighted by molar-refractivity contribution is 7.86. The number of carbonyl (C=O) groups excluding carboxylic acids is 1. The summed E-state index contributed by atoms with van der Waals surface area (Å²) in [5.41, 5.74) is -0.248. The highest BCUT2D eigenvalue weighted by Gasteiger charge is 2.54. The summed E-state index contributed by atoms with van der Waals surface area (Å²) in [6.45, 7) is 2.28. The van der Waals surface area contributed by atoms with E-state index in [1.807, 2.05) is 30.3 Å². The first-order chi connectivity index (χ1) is 10.8. The second-order valence-corrected chi connectivity index (χ2v) is 7.95. The first-order valence-corrected chi connectivity index (χ1v) is 9.16. The Labute approximate surface area is 138 Å². The van der Waals surface area contributed by atoms with E-state index in [1.165, 1.54) is 18.4 Å². The lowest BCUT2D eigenvalue weighted by atomic mass is 9.89. The van der Waals surface area contributed by atoms with E-state index in [0.29, 0.717) is 25.8 Å². The van der Waals surface area contributed by atoms with Crippen molar-refractivity contribution in [1.29, 1.82) is 0 Å². The summed E-state index contributed by atoms with van der Waals surface area (Å²) >= 11 is 0. The Bertz CT molecular complexity index is 645. The van der Waals surface area contributed by atoms with Crippen molar-refractivity contribution in [2.24, 2.45) is 0 Å². The maximum atomic E-state index is 12.7. The summed E-state index contributed by atoms with van der Waals surface area (Å²) in [6, 6.07) is 9.46. The topological polar surface area (TPSA) is 66.9 Å². The molecule has 0 aromatic heterocycles. The third kappa shape index (κ3) is 3.41. The quantitative estimate of drug-likeness (QED) is 0.735. The monoisotopic (exact) mass is 340 g/mol. The van der Waals surface area contributed by atoms with Crippen LogP contribution in [0.3, 0.4) is 0 Å². The average molecular weight is 340 g/mol. The third-order valence-electron chi connectivity index (χ3n) is 4.16. The zero-order valence-electron chi connectivity index (χ0n) is 13.9. The van der Waals surface area contributed by atoms with Crippen molar-refractivity contribution in [3.8, 4) is 0 Å². The first-order valence-electron chi connectivity index (χ1n) is 7.76. The van der Waals surface area contributed by atoms with Crippen LogP contribution in [0.2, 0.25) is 0 Å². The van der Waals surface area contributed by atoms with Crippen LogP contribution in [0.1, 0.15) is 25.3 Å². The minimum atomic E-state index is -3.70. The molecule has 1 aromatic rings. The molecule has 0 bridgehead atoms. The number of ether oxygens (including phenoxy) is 1. The fraction of sp³-hybridized carbons (Fsp3) is 0.562. The summed E-state index contributed by atoms with van der Waals surface area (Å²) in [7, 11) is -0.745. The van der Waals surface area contributed by atoms with Crippen molar-refractivity contribution in [2.45, 2.75) is 31.7 Å². The van der Waals surface area contributed by atoms with Gasteiger partial charge in [-0.15, -0.1) is 0 Å². The van der Waals surface area contributed by atoms with E-state index >= 15 is 0 Å². The van der Waals surface area contributed by atoms with Gasteiger partial charge in [0.05, 0.1) is 6.61 Å². The molecule has 0 radical (unpaired) electrons. The fourth-order valence-corrected chi connectivity index (χ4v) is 4.46. The molecule has 7 heteroatoms. The van der Waals surface area contributed by atoms with E-state index in [0.717, 1.165) is 9.87 Å². The highest BCUT2D eigenvalue weighted by Crippen LogP contribution is 2.37. The van der Waals surface area contributed by atoms with E-state index in [2.05, 4.69) is 0 Å². The lowest BCUT2D eigenvalue weighted by Crippen LogP contribution is -2.57. The molecular formula is C16H24N2O4S. The van der Waals surface area contributed by atoms with Gasteiger partial charge in [0.2, 0.25) is 0 Å². The van der Waals surface area contributed by atoms with E-state index in [9.17, 15) is 13.2 Å². The molecule has 0 N–H and O–H groups in total. The van der Waals surface area contributed by atoms with Crippen LogP contribution in [0.5, 0.6) is 0 Å². The van der Waals surface area contributed by atoms with Crippen LogP contribution in [0.4, 0.5) is 0 Å². The Hall–Kier alpha value is -1.44. The molecule has 1 fully saturated rings. The van der Waals surface area contributed by atoms with Gasteiger partial charge in [-0.05, 0) is 25.3 Å². The van der Waals surface area contributed by atoms with Gasteiger partial charge >= 0.3 is 5.97 Å². The third-order valence-corrected chi connectivity index (χ3v) is 6.18. The van der Waals surface area contributed by atoms with Crippen molar-refractivity contribution in [3.05, 3.63) is 35.9 Å². The van der Waals surface area contributed by atoms with Gasteiger partial charge in [0.25, 0.3) is 10.2 Å². The second-order valence-electron chi connectivity index (χ2n) is 5.88. The Morgan fingerprint density at radius 1 is 1.30 bits per heavy atom. The largest absolute Gasteiger partial charge is 0.465 e. The lowest BCUT2D eigenvalue weighted by Gasteiger charge is -2.36. The molecule has 2 rings (SSSR count). The van der Waals surface area contributed by atoms with Gasteiger partial charge in [-0.3, -0.25) is 0 Å². The molecule has 1 aromatic carbocycles. The molecule has 1 aliphatic heterocycles. The van der Waals surface area contributed by atoms with E-state index < -0.39 is 21.7 Å². The highest BCUT2D eigenvalue weighted by atomic mass is 32.2. The number of rotatable bonds is 6. The predicted molar refractivity (Wildman–Crippen MR) is 88.1 cm³/mol. The number of hydrogen-bond donors (Lipinski definition) is 0. The summed E-state index contributed by atoms with van der Waals surface area (Å²) < 4.78 is 33.1. The van der Waals surface area contributed by atoms with Crippen molar-refractivity contribution in [2.75, 3.05) is 27.2 Å². The molecule has 1 atom stereocenters. The van der Waals surface area contributed by atoms with Gasteiger partial charge < -0.3 is 4.74 Å². The van der Waals surface area contributed by atoms with Crippen LogP contribution in [0.15, 0.2) is 30.3 Å². The normalized spacial score (nSPS) is 22.4. The van der Waals surface area contributed by atoms with Gasteiger partial charge in [-0.25, -0.2) is 4.79 Å². The van der Waals surface area contributed by atoms with Gasteiger partial charge in [0, 0.05) is 27.1 Å². The fourth-order valence-electron chi connectivity index (χ4n) is 3.04. The van der Waals surface area contributed by atoms with Crippen LogP contribution in [-0.4, -0.2) is 55.8 Å². The second kappa shape index (κ2) is 6.98. The van der Waals surface area contributed by atoms with Gasteiger partial charge in [0.15, 0.2) is 0 Å². The molecule has 128 valence electrons. The van der Waals surface area contributed by atoms with Crippen LogP contribution >= 0.6 is 0 Å². The Balaban J connectivity index is 2.46. The van der Waals surface area contributed by atoms with E-state index in [-0.39, 0.29) is 6.61 Å². The maximum absolute atomic E-state index is 12.7. The Morgan fingerprint density at radius 3 is 2.52 bits per heavy atom. The number of esters is 1. The number of carbonyl (C=O) groups is 1. The van der Waals surface area contributed by atoms with Crippen molar-refractivity contribution in [1.82, 2.24) is 8.61 Å². The maximum Gasteiger partial charge on any atom is 0.327 e. The standard InChI is InChI=1S/C16H24N2O4S/c1-4-22-15(19)16(13-14-9-6-5-7-10-14)11-8-12-18(16)23(20,21)17(2)3/h5-7,9-10H,4,8,11-13H2,1-3H3/t16-/m0/s1. The zero-order chi connectivity index (χ0) is 17.1. The molecule has 1 aliphatic rings. The van der Waals surface area contributed by atoms with E-state index in [1.54, 1.807) is 6.92 Å². The van der Waals surface area contributed by atoms with Crippen molar-refractivity contribution in [3.63, 3.8) is 0 Å². The molecular weight excluding hydrogens is 316 g/mol. The SMILES string of the molecule is CCOC(=O)[C@@]1(Cc2ccccc2)CCCN1S(=O)(=O)N(C)C. The van der Waals surface area contributed by atoms with Crippen molar-refractivity contribution < 1.29 is 17.9 Å². The van der Waals surface area contributed by atoms with Crippen molar-refractivity contribution >= 4 is 16.2 Å². The van der Waals surface area contributed by atoms with Crippen LogP contribution in [-0.2, 0) is 26.2 Å². The minimum Gasteiger partial charge on any atom is -0.465 e. The summed E-state index contributed by atoms with van der Waals surface area (Å²) in [4.78, 5) is 12.7. The molecule has 6 nitrogen and oxygen atoms in total. The Kier molecular flexibility index (Phi) is 5.44. The minimum absolute atomic E-state index is 0.227. The number of nitrogens with zero attached hydrogens (tertiary/aromatic N) is 2. The lowest BCUT2D eigenvalue weighted by molar-refractivity contribution is -0.153. The molecule has 0 spiro atoms. The molecule has 0 saturated carbocycles.